The third-order valence-electron chi connectivity index (χ3n) is 5.57. The summed E-state index contributed by atoms with van der Waals surface area (Å²) in [6.45, 7) is 1.53. The lowest BCUT2D eigenvalue weighted by Gasteiger charge is -2.32. The highest BCUT2D eigenvalue weighted by Crippen LogP contribution is 2.37. The highest BCUT2D eigenvalue weighted by atomic mass is 32.2. The maximum absolute atomic E-state index is 13.0. The maximum atomic E-state index is 13.0. The molecular weight excluding hydrogens is 510 g/mol. The van der Waals surface area contributed by atoms with Crippen LogP contribution < -0.4 is 0 Å². The van der Waals surface area contributed by atoms with E-state index < -0.39 is 41.2 Å². The van der Waals surface area contributed by atoms with Gasteiger partial charge in [0.15, 0.2) is 5.16 Å². The molecule has 2 heterocycles. The van der Waals surface area contributed by atoms with Crippen LogP contribution in [0.15, 0.2) is 53.7 Å². The molecule has 3 aromatic rings. The molecule has 0 spiro atoms. The molecule has 2 N–H and O–H groups in total. The zero-order valence-electron chi connectivity index (χ0n) is 18.7. The molecule has 0 saturated carbocycles. The highest BCUT2D eigenvalue weighted by Gasteiger charge is 2.36. The van der Waals surface area contributed by atoms with Crippen molar-refractivity contribution in [2.24, 2.45) is 0 Å². The second-order valence-corrected chi connectivity index (χ2v) is 9.73. The number of benzene rings is 2. The van der Waals surface area contributed by atoms with Gasteiger partial charge in [0.05, 0.1) is 34.5 Å². The minimum atomic E-state index is -4.53. The molecule has 0 bridgehead atoms. The van der Waals surface area contributed by atoms with E-state index in [1.54, 1.807) is 0 Å². The Labute approximate surface area is 205 Å². The SMILES string of the molecule is CC1(O)CC(=O)O[C@H](CSc2nc(-c3ccc(C(F)(F)F)cc3)c(-c3ccc(C(F)(F)F)cc3)[nH]2)C1. The van der Waals surface area contributed by atoms with Crippen molar-refractivity contribution >= 4 is 17.7 Å². The van der Waals surface area contributed by atoms with E-state index >= 15 is 0 Å². The molecule has 4 rings (SSSR count). The van der Waals surface area contributed by atoms with Crippen LogP contribution in [-0.2, 0) is 21.9 Å². The second-order valence-electron chi connectivity index (χ2n) is 8.72. The van der Waals surface area contributed by atoms with Crippen molar-refractivity contribution < 1.29 is 41.0 Å². The Morgan fingerprint density at radius 3 is 2.03 bits per heavy atom. The van der Waals surface area contributed by atoms with Crippen LogP contribution in [0.4, 0.5) is 26.3 Å². The number of cyclic esters (lactones) is 1. The monoisotopic (exact) mass is 530 g/mol. The lowest BCUT2D eigenvalue weighted by Crippen LogP contribution is -2.41. The molecule has 0 radical (unpaired) electrons. The molecule has 2 atom stereocenters. The predicted molar refractivity (Wildman–Crippen MR) is 120 cm³/mol. The van der Waals surface area contributed by atoms with Gasteiger partial charge in [-0.05, 0) is 31.2 Å². The van der Waals surface area contributed by atoms with Crippen molar-refractivity contribution in [1.29, 1.82) is 0 Å². The fourth-order valence-corrected chi connectivity index (χ4v) is 4.75. The largest absolute Gasteiger partial charge is 0.461 e. The number of ether oxygens (including phenoxy) is 1. The van der Waals surface area contributed by atoms with E-state index in [1.165, 1.54) is 31.2 Å². The molecule has 1 aliphatic heterocycles. The van der Waals surface area contributed by atoms with Crippen LogP contribution in [-0.4, -0.2) is 38.5 Å². The number of carbonyl (C=O) groups is 1. The summed E-state index contributed by atoms with van der Waals surface area (Å²) < 4.78 is 83.2. The summed E-state index contributed by atoms with van der Waals surface area (Å²) >= 11 is 1.15. The van der Waals surface area contributed by atoms with Gasteiger partial charge in [-0.2, -0.15) is 26.3 Å². The number of aliphatic hydroxyl groups is 1. The highest BCUT2D eigenvalue weighted by molar-refractivity contribution is 7.99. The molecule has 1 saturated heterocycles. The van der Waals surface area contributed by atoms with Crippen LogP contribution >= 0.6 is 11.8 Å². The first kappa shape index (κ1) is 26.1. The van der Waals surface area contributed by atoms with E-state index in [1.807, 2.05) is 0 Å². The van der Waals surface area contributed by atoms with E-state index in [4.69, 9.17) is 4.74 Å². The molecule has 5 nitrogen and oxygen atoms in total. The number of hydrogen-bond donors (Lipinski definition) is 2. The Morgan fingerprint density at radius 1 is 1.00 bits per heavy atom. The standard InChI is InChI=1S/C24H20F6N2O3S/c1-22(34)10-17(35-18(33)11-22)12-36-21-31-19(13-2-6-15(7-3-13)23(25,26)27)20(32-21)14-4-8-16(9-5-14)24(28,29)30/h2-9,17,34H,10-12H2,1H3,(H,31,32)/t17-,22?/m0/s1. The van der Waals surface area contributed by atoms with E-state index in [-0.39, 0.29) is 24.3 Å². The normalized spacial score (nSPS) is 20.9. The fourth-order valence-electron chi connectivity index (χ4n) is 3.89. The first-order valence-corrected chi connectivity index (χ1v) is 11.7. The molecule has 12 heteroatoms. The number of halogens is 6. The van der Waals surface area contributed by atoms with Gasteiger partial charge < -0.3 is 14.8 Å². The summed E-state index contributed by atoms with van der Waals surface area (Å²) in [5.41, 5.74) is -1.66. The number of rotatable bonds is 5. The van der Waals surface area contributed by atoms with Gasteiger partial charge in [0, 0.05) is 23.3 Å². The number of aromatic nitrogens is 2. The first-order chi connectivity index (χ1) is 16.7. The molecule has 1 aromatic heterocycles. The van der Waals surface area contributed by atoms with Crippen LogP contribution in [0.1, 0.15) is 30.9 Å². The van der Waals surface area contributed by atoms with Crippen molar-refractivity contribution in [3.63, 3.8) is 0 Å². The van der Waals surface area contributed by atoms with Crippen LogP contribution in [0, 0.1) is 0 Å². The minimum Gasteiger partial charge on any atom is -0.461 e. The number of alkyl halides is 6. The molecule has 0 amide bonds. The van der Waals surface area contributed by atoms with E-state index in [0.29, 0.717) is 22.0 Å². The van der Waals surface area contributed by atoms with Crippen molar-refractivity contribution in [2.45, 2.75) is 49.0 Å². The van der Waals surface area contributed by atoms with Gasteiger partial charge in [-0.15, -0.1) is 0 Å². The van der Waals surface area contributed by atoms with Gasteiger partial charge in [0.2, 0.25) is 0 Å². The molecular formula is C24H20F6N2O3S. The smallest absolute Gasteiger partial charge is 0.416 e. The number of imidazole rings is 1. The van der Waals surface area contributed by atoms with Gasteiger partial charge in [-0.3, -0.25) is 4.79 Å². The Hall–Kier alpha value is -2.99. The summed E-state index contributed by atoms with van der Waals surface area (Å²) in [6, 6.07) is 8.58. The molecule has 192 valence electrons. The maximum Gasteiger partial charge on any atom is 0.416 e. The van der Waals surface area contributed by atoms with Gasteiger partial charge in [-0.25, -0.2) is 4.98 Å². The second kappa shape index (κ2) is 9.47. The number of thioether (sulfide) groups is 1. The number of nitrogens with zero attached hydrogens (tertiary/aromatic N) is 1. The molecule has 1 unspecified atom stereocenters. The average molecular weight is 530 g/mol. The lowest BCUT2D eigenvalue weighted by atomic mass is 9.93. The van der Waals surface area contributed by atoms with Crippen LogP contribution in [0.25, 0.3) is 22.5 Å². The Morgan fingerprint density at radius 2 is 1.53 bits per heavy atom. The number of esters is 1. The number of aromatic amines is 1. The first-order valence-electron chi connectivity index (χ1n) is 10.7. The number of nitrogens with one attached hydrogen (secondary N) is 1. The topological polar surface area (TPSA) is 75.2 Å². The number of H-pyrrole nitrogens is 1. The summed E-state index contributed by atoms with van der Waals surface area (Å²) in [5, 5.41) is 10.5. The molecule has 2 aromatic carbocycles. The third kappa shape index (κ3) is 6.04. The van der Waals surface area contributed by atoms with E-state index in [2.05, 4.69) is 9.97 Å². The van der Waals surface area contributed by atoms with E-state index in [9.17, 15) is 36.2 Å². The zero-order valence-corrected chi connectivity index (χ0v) is 19.5. The molecule has 36 heavy (non-hydrogen) atoms. The molecule has 1 aliphatic rings. The van der Waals surface area contributed by atoms with Gasteiger partial charge in [0.1, 0.15) is 6.10 Å². The van der Waals surface area contributed by atoms with Crippen molar-refractivity contribution in [1.82, 2.24) is 9.97 Å². The van der Waals surface area contributed by atoms with Crippen molar-refractivity contribution in [3.05, 3.63) is 59.7 Å². The van der Waals surface area contributed by atoms with Crippen molar-refractivity contribution in [3.8, 4) is 22.5 Å². The van der Waals surface area contributed by atoms with Crippen LogP contribution in [0.5, 0.6) is 0 Å². The summed E-state index contributed by atoms with van der Waals surface area (Å²) in [5.74, 6) is -0.305. The summed E-state index contributed by atoms with van der Waals surface area (Å²) in [4.78, 5) is 19.2. The van der Waals surface area contributed by atoms with Gasteiger partial charge >= 0.3 is 18.3 Å². The number of carbonyl (C=O) groups excluding carboxylic acids is 1. The van der Waals surface area contributed by atoms with Crippen LogP contribution in [0.2, 0.25) is 0 Å². The number of hydrogen-bond acceptors (Lipinski definition) is 5. The minimum absolute atomic E-state index is 0.120. The fraction of sp³-hybridized carbons (Fsp3) is 0.333. The predicted octanol–water partition coefficient (Wildman–Crippen LogP) is 6.33. The van der Waals surface area contributed by atoms with Gasteiger partial charge in [0.25, 0.3) is 0 Å². The Balaban J connectivity index is 1.65. The van der Waals surface area contributed by atoms with Crippen molar-refractivity contribution in [2.75, 3.05) is 5.75 Å². The zero-order chi connectivity index (χ0) is 26.3. The summed E-state index contributed by atoms with van der Waals surface area (Å²) in [7, 11) is 0. The summed E-state index contributed by atoms with van der Waals surface area (Å²) in [6.07, 6.45) is -9.56. The Bertz CT molecular complexity index is 1160. The lowest BCUT2D eigenvalue weighted by molar-refractivity contribution is -0.166. The Kier molecular flexibility index (Phi) is 6.86. The molecule has 1 fully saturated rings. The van der Waals surface area contributed by atoms with E-state index in [0.717, 1.165) is 36.0 Å². The average Bonchev–Trinajstić information content (AvgIpc) is 3.20. The quantitative estimate of drug-likeness (QED) is 0.229. The van der Waals surface area contributed by atoms with Crippen LogP contribution in [0.3, 0.4) is 0 Å². The third-order valence-corrected chi connectivity index (χ3v) is 6.57. The van der Waals surface area contributed by atoms with Gasteiger partial charge in [-0.1, -0.05) is 36.0 Å². The molecule has 0 aliphatic carbocycles.